The number of para-hydroxylation sites is 1. The van der Waals surface area contributed by atoms with Crippen LogP contribution < -0.4 is 0 Å². The standard InChI is InChI=1S/C14H11Cl2N3/c1-8-4-3-5-9-10(7-19(2)13(8)9)12-11(15)6-17-14(16)18-12/h3-7H,1-2H3. The lowest BCUT2D eigenvalue weighted by molar-refractivity contribution is 0.964. The van der Waals surface area contributed by atoms with Gasteiger partial charge in [-0.15, -0.1) is 0 Å². The van der Waals surface area contributed by atoms with Crippen LogP contribution in [0.25, 0.3) is 22.2 Å². The summed E-state index contributed by atoms with van der Waals surface area (Å²) in [6, 6.07) is 6.17. The third kappa shape index (κ3) is 1.99. The maximum absolute atomic E-state index is 6.19. The van der Waals surface area contributed by atoms with Crippen LogP contribution in [0.2, 0.25) is 10.3 Å². The van der Waals surface area contributed by atoms with Gasteiger partial charge < -0.3 is 4.57 Å². The molecule has 2 aromatic heterocycles. The van der Waals surface area contributed by atoms with E-state index in [1.54, 1.807) is 0 Å². The predicted octanol–water partition coefficient (Wildman–Crippen LogP) is 4.25. The Labute approximate surface area is 120 Å². The molecule has 0 aliphatic carbocycles. The van der Waals surface area contributed by atoms with Crippen molar-refractivity contribution in [1.29, 1.82) is 0 Å². The number of hydrogen-bond donors (Lipinski definition) is 0. The third-order valence-corrected chi connectivity index (χ3v) is 3.63. The molecule has 1 aromatic carbocycles. The monoisotopic (exact) mass is 291 g/mol. The van der Waals surface area contributed by atoms with Gasteiger partial charge in [0.05, 0.1) is 22.4 Å². The normalized spacial score (nSPS) is 11.2. The van der Waals surface area contributed by atoms with Gasteiger partial charge in [-0.1, -0.05) is 29.8 Å². The highest BCUT2D eigenvalue weighted by Gasteiger charge is 2.14. The van der Waals surface area contributed by atoms with E-state index in [0.29, 0.717) is 10.7 Å². The minimum Gasteiger partial charge on any atom is -0.350 e. The molecule has 3 rings (SSSR count). The molecule has 0 fully saturated rings. The van der Waals surface area contributed by atoms with E-state index >= 15 is 0 Å². The molecule has 0 saturated heterocycles. The highest BCUT2D eigenvalue weighted by atomic mass is 35.5. The Morgan fingerprint density at radius 2 is 2.00 bits per heavy atom. The molecule has 0 radical (unpaired) electrons. The van der Waals surface area contributed by atoms with E-state index in [1.165, 1.54) is 17.3 Å². The molecule has 0 N–H and O–H groups in total. The van der Waals surface area contributed by atoms with Crippen molar-refractivity contribution in [2.45, 2.75) is 6.92 Å². The zero-order valence-electron chi connectivity index (χ0n) is 10.5. The van der Waals surface area contributed by atoms with E-state index in [4.69, 9.17) is 23.2 Å². The Kier molecular flexibility index (Phi) is 2.96. The van der Waals surface area contributed by atoms with E-state index in [1.807, 2.05) is 19.3 Å². The summed E-state index contributed by atoms with van der Waals surface area (Å²) in [6.07, 6.45) is 3.54. The van der Waals surface area contributed by atoms with Gasteiger partial charge in [0, 0.05) is 24.2 Å². The maximum Gasteiger partial charge on any atom is 0.222 e. The molecule has 0 spiro atoms. The van der Waals surface area contributed by atoms with Crippen LogP contribution in [-0.2, 0) is 7.05 Å². The molecule has 3 aromatic rings. The van der Waals surface area contributed by atoms with Crippen molar-refractivity contribution in [1.82, 2.24) is 14.5 Å². The average molecular weight is 292 g/mol. The van der Waals surface area contributed by atoms with E-state index < -0.39 is 0 Å². The lowest BCUT2D eigenvalue weighted by Gasteiger charge is -2.02. The summed E-state index contributed by atoms with van der Waals surface area (Å²) < 4.78 is 2.08. The van der Waals surface area contributed by atoms with Crippen LogP contribution >= 0.6 is 23.2 Å². The van der Waals surface area contributed by atoms with Crippen molar-refractivity contribution < 1.29 is 0 Å². The van der Waals surface area contributed by atoms with Crippen molar-refractivity contribution in [3.8, 4) is 11.3 Å². The van der Waals surface area contributed by atoms with Crippen LogP contribution in [0.3, 0.4) is 0 Å². The minimum atomic E-state index is 0.198. The molecule has 0 aliphatic rings. The van der Waals surface area contributed by atoms with Crippen LogP contribution in [0.5, 0.6) is 0 Å². The average Bonchev–Trinajstić information content (AvgIpc) is 2.71. The molecule has 0 bridgehead atoms. The molecule has 0 aliphatic heterocycles. The Morgan fingerprint density at radius 3 is 2.79 bits per heavy atom. The van der Waals surface area contributed by atoms with Crippen LogP contribution in [0.15, 0.2) is 30.6 Å². The summed E-state index contributed by atoms with van der Waals surface area (Å²) in [6.45, 7) is 2.08. The smallest absolute Gasteiger partial charge is 0.222 e. The molecule has 5 heteroatoms. The number of aryl methyl sites for hydroxylation is 2. The summed E-state index contributed by atoms with van der Waals surface area (Å²) in [7, 11) is 2.01. The molecule has 3 nitrogen and oxygen atoms in total. The zero-order chi connectivity index (χ0) is 13.6. The van der Waals surface area contributed by atoms with Gasteiger partial charge in [-0.05, 0) is 24.1 Å². The quantitative estimate of drug-likeness (QED) is 0.628. The number of aromatic nitrogens is 3. The lowest BCUT2D eigenvalue weighted by Crippen LogP contribution is -1.88. The largest absolute Gasteiger partial charge is 0.350 e. The van der Waals surface area contributed by atoms with E-state index in [9.17, 15) is 0 Å². The molecular formula is C14H11Cl2N3. The third-order valence-electron chi connectivity index (χ3n) is 3.17. The van der Waals surface area contributed by atoms with Crippen molar-refractivity contribution in [3.05, 3.63) is 46.5 Å². The van der Waals surface area contributed by atoms with Gasteiger partial charge in [0.15, 0.2) is 0 Å². The Balaban J connectivity index is 2.38. The number of nitrogens with zero attached hydrogens (tertiary/aromatic N) is 3. The SMILES string of the molecule is Cc1cccc2c(-c3nc(Cl)ncc3Cl)cn(C)c12. The van der Waals surface area contributed by atoms with E-state index in [0.717, 1.165) is 10.9 Å². The molecular weight excluding hydrogens is 281 g/mol. The number of halogens is 2. The van der Waals surface area contributed by atoms with Gasteiger partial charge in [-0.3, -0.25) is 0 Å². The Hall–Kier alpha value is -1.58. The molecule has 0 saturated carbocycles. The first kappa shape index (κ1) is 12.5. The van der Waals surface area contributed by atoms with E-state index in [-0.39, 0.29) is 5.28 Å². The van der Waals surface area contributed by atoms with Crippen LogP contribution in [0.4, 0.5) is 0 Å². The summed E-state index contributed by atoms with van der Waals surface area (Å²) in [5, 5.41) is 1.81. The van der Waals surface area contributed by atoms with Crippen molar-refractivity contribution >= 4 is 34.1 Å². The first-order valence-corrected chi connectivity index (χ1v) is 6.56. The number of rotatable bonds is 1. The van der Waals surface area contributed by atoms with Gasteiger partial charge in [0.25, 0.3) is 0 Å². The van der Waals surface area contributed by atoms with Crippen molar-refractivity contribution in [2.75, 3.05) is 0 Å². The fraction of sp³-hybridized carbons (Fsp3) is 0.143. The van der Waals surface area contributed by atoms with Gasteiger partial charge in [0.1, 0.15) is 0 Å². The van der Waals surface area contributed by atoms with Gasteiger partial charge >= 0.3 is 0 Å². The highest BCUT2D eigenvalue weighted by Crippen LogP contribution is 2.34. The Bertz CT molecular complexity index is 778. The second-order valence-corrected chi connectivity index (χ2v) is 5.21. The van der Waals surface area contributed by atoms with Gasteiger partial charge in [0.2, 0.25) is 5.28 Å². The fourth-order valence-corrected chi connectivity index (χ4v) is 2.72. The zero-order valence-corrected chi connectivity index (χ0v) is 12.0. The molecule has 0 unspecified atom stereocenters. The fourth-order valence-electron chi connectivity index (χ4n) is 2.40. The highest BCUT2D eigenvalue weighted by molar-refractivity contribution is 6.34. The van der Waals surface area contributed by atoms with Crippen LogP contribution in [-0.4, -0.2) is 14.5 Å². The second-order valence-electron chi connectivity index (χ2n) is 4.46. The first-order chi connectivity index (χ1) is 9.08. The molecule has 0 amide bonds. The van der Waals surface area contributed by atoms with Crippen LogP contribution in [0.1, 0.15) is 5.56 Å². The minimum absolute atomic E-state index is 0.198. The van der Waals surface area contributed by atoms with Gasteiger partial charge in [-0.25, -0.2) is 9.97 Å². The summed E-state index contributed by atoms with van der Waals surface area (Å²) in [5.74, 6) is 0. The van der Waals surface area contributed by atoms with Crippen molar-refractivity contribution in [2.24, 2.45) is 7.05 Å². The summed E-state index contributed by atoms with van der Waals surface area (Å²) in [4.78, 5) is 8.13. The number of hydrogen-bond acceptors (Lipinski definition) is 2. The van der Waals surface area contributed by atoms with E-state index in [2.05, 4.69) is 33.6 Å². The molecule has 2 heterocycles. The summed E-state index contributed by atoms with van der Waals surface area (Å²) >= 11 is 12.1. The number of benzene rings is 1. The van der Waals surface area contributed by atoms with Crippen molar-refractivity contribution in [3.63, 3.8) is 0 Å². The second kappa shape index (κ2) is 4.51. The number of fused-ring (bicyclic) bond motifs is 1. The van der Waals surface area contributed by atoms with Crippen LogP contribution in [0, 0.1) is 6.92 Å². The predicted molar refractivity (Wildman–Crippen MR) is 78.7 cm³/mol. The molecule has 0 atom stereocenters. The molecule has 96 valence electrons. The first-order valence-electron chi connectivity index (χ1n) is 5.81. The van der Waals surface area contributed by atoms with Gasteiger partial charge in [-0.2, -0.15) is 0 Å². The topological polar surface area (TPSA) is 30.7 Å². The maximum atomic E-state index is 6.19. The lowest BCUT2D eigenvalue weighted by atomic mass is 10.1. The molecule has 19 heavy (non-hydrogen) atoms. The Morgan fingerprint density at radius 1 is 1.21 bits per heavy atom. The summed E-state index contributed by atoms with van der Waals surface area (Å²) in [5.41, 5.74) is 4.01.